The van der Waals surface area contributed by atoms with E-state index >= 15 is 0 Å². The number of rotatable bonds is 7. The molecule has 29 heavy (non-hydrogen) atoms. The summed E-state index contributed by atoms with van der Waals surface area (Å²) in [5.74, 6) is -1.04. The highest BCUT2D eigenvalue weighted by Crippen LogP contribution is 2.31. The summed E-state index contributed by atoms with van der Waals surface area (Å²) in [7, 11) is 0.691. The number of carboxylic acids is 1. The van der Waals surface area contributed by atoms with Crippen molar-refractivity contribution >= 4 is 46.8 Å². The molecular weight excluding hydrogens is 406 g/mol. The van der Waals surface area contributed by atoms with Gasteiger partial charge < -0.3 is 14.4 Å². The van der Waals surface area contributed by atoms with Gasteiger partial charge in [0.1, 0.15) is 29.2 Å². The molecule has 8 nitrogen and oxygen atoms in total. The first kappa shape index (κ1) is 19.7. The maximum atomic E-state index is 11.8. The van der Waals surface area contributed by atoms with Gasteiger partial charge in [0.05, 0.1) is 16.4 Å². The molecule has 0 aliphatic carbocycles. The molecule has 0 fully saturated rings. The van der Waals surface area contributed by atoms with Crippen molar-refractivity contribution in [3.8, 4) is 11.4 Å². The van der Waals surface area contributed by atoms with Gasteiger partial charge in [-0.2, -0.15) is 5.10 Å². The van der Waals surface area contributed by atoms with Crippen molar-refractivity contribution in [3.05, 3.63) is 29.4 Å². The summed E-state index contributed by atoms with van der Waals surface area (Å²) in [6, 6.07) is 3.05. The van der Waals surface area contributed by atoms with Crippen molar-refractivity contribution in [1.29, 1.82) is 0 Å². The molecule has 4 aromatic heterocycles. The zero-order valence-corrected chi connectivity index (χ0v) is 18.7. The van der Waals surface area contributed by atoms with E-state index in [4.69, 9.17) is 4.74 Å². The van der Waals surface area contributed by atoms with Crippen LogP contribution in [0.25, 0.3) is 32.8 Å². The van der Waals surface area contributed by atoms with Crippen LogP contribution >= 0.6 is 11.3 Å². The van der Waals surface area contributed by atoms with Gasteiger partial charge in [0, 0.05) is 27.9 Å². The normalized spacial score (nSPS) is 12.3. The number of aromatic carboxylic acids is 1. The fraction of sp³-hybridized carbons (Fsp3) is 0.368. The van der Waals surface area contributed by atoms with Crippen LogP contribution in [0.15, 0.2) is 23.8 Å². The Hall–Kier alpha value is -2.56. The van der Waals surface area contributed by atoms with Gasteiger partial charge in [0.15, 0.2) is 5.65 Å². The van der Waals surface area contributed by atoms with Crippen LogP contribution < -0.4 is 0 Å². The molecule has 0 unspecified atom stereocenters. The van der Waals surface area contributed by atoms with Gasteiger partial charge in [-0.15, -0.1) is 11.3 Å². The molecule has 0 aliphatic heterocycles. The van der Waals surface area contributed by atoms with Gasteiger partial charge in [-0.05, 0) is 17.5 Å². The second kappa shape index (κ2) is 7.36. The molecule has 4 aromatic rings. The Kier molecular flexibility index (Phi) is 5.01. The van der Waals surface area contributed by atoms with Crippen molar-refractivity contribution < 1.29 is 14.6 Å². The highest BCUT2D eigenvalue weighted by molar-refractivity contribution is 7.17. The number of hydrogen-bond donors (Lipinski definition) is 1. The highest BCUT2D eigenvalue weighted by atomic mass is 32.1. The molecule has 1 N–H and O–H groups in total. The Morgan fingerprint density at radius 2 is 2.14 bits per heavy atom. The lowest BCUT2D eigenvalue weighted by Gasteiger charge is -2.15. The average molecular weight is 430 g/mol. The number of nitrogens with zero attached hydrogens (tertiary/aromatic N) is 5. The van der Waals surface area contributed by atoms with E-state index in [1.165, 1.54) is 0 Å². The molecule has 10 heteroatoms. The van der Waals surface area contributed by atoms with E-state index in [9.17, 15) is 9.90 Å². The number of aryl methyl sites for hydroxylation is 1. The van der Waals surface area contributed by atoms with E-state index in [2.05, 4.69) is 34.7 Å². The highest BCUT2D eigenvalue weighted by Gasteiger charge is 2.20. The number of fused-ring (bicyclic) bond motifs is 2. The number of carboxylic acid groups (broad SMARTS) is 1. The number of aromatic nitrogens is 5. The zero-order chi connectivity index (χ0) is 20.8. The molecule has 0 spiro atoms. The summed E-state index contributed by atoms with van der Waals surface area (Å²) in [5.41, 5.74) is 3.24. The first-order valence-corrected chi connectivity index (χ1v) is 13.9. The standard InChI is InChI=1S/C19H23N5O3SSi/c1-23-14-5-7-28-17(14)16(22-23)13-9-20-18-15(21-13)12(19(25)26)10-24(18)11-27-6-8-29(2,3)4/h5,7,9-10H,6,8,11H2,1-4H3,(H,25,26). The quantitative estimate of drug-likeness (QED) is 0.352. The van der Waals surface area contributed by atoms with Gasteiger partial charge in [-0.3, -0.25) is 4.68 Å². The van der Waals surface area contributed by atoms with Gasteiger partial charge in [-0.25, -0.2) is 14.8 Å². The van der Waals surface area contributed by atoms with Crippen LogP contribution in [-0.2, 0) is 18.5 Å². The minimum atomic E-state index is -1.19. The third-order valence-corrected chi connectivity index (χ3v) is 7.34. The van der Waals surface area contributed by atoms with Crippen LogP contribution in [0.3, 0.4) is 0 Å². The lowest BCUT2D eigenvalue weighted by atomic mass is 10.2. The second-order valence-electron chi connectivity index (χ2n) is 8.20. The monoisotopic (exact) mass is 429 g/mol. The average Bonchev–Trinajstić information content (AvgIpc) is 3.33. The van der Waals surface area contributed by atoms with Gasteiger partial charge in [-0.1, -0.05) is 19.6 Å². The number of carbonyl (C=O) groups is 1. The van der Waals surface area contributed by atoms with Crippen molar-refractivity contribution in [2.45, 2.75) is 32.4 Å². The Labute approximate surface area is 172 Å². The van der Waals surface area contributed by atoms with E-state index in [1.54, 1.807) is 33.0 Å². The van der Waals surface area contributed by atoms with Crippen LogP contribution in [0.2, 0.25) is 25.7 Å². The van der Waals surface area contributed by atoms with E-state index in [0.29, 0.717) is 29.2 Å². The van der Waals surface area contributed by atoms with Crippen LogP contribution in [0.1, 0.15) is 10.4 Å². The maximum Gasteiger partial charge on any atom is 0.339 e. The fourth-order valence-electron chi connectivity index (χ4n) is 3.11. The maximum absolute atomic E-state index is 11.8. The molecule has 0 bridgehead atoms. The van der Waals surface area contributed by atoms with Gasteiger partial charge in [0.25, 0.3) is 0 Å². The first-order chi connectivity index (χ1) is 13.7. The molecule has 0 aliphatic rings. The van der Waals surface area contributed by atoms with Crippen LogP contribution in [0.4, 0.5) is 0 Å². The van der Waals surface area contributed by atoms with Gasteiger partial charge >= 0.3 is 5.97 Å². The zero-order valence-electron chi connectivity index (χ0n) is 16.8. The smallest absolute Gasteiger partial charge is 0.339 e. The lowest BCUT2D eigenvalue weighted by Crippen LogP contribution is -2.22. The third-order valence-electron chi connectivity index (χ3n) is 4.72. The van der Waals surface area contributed by atoms with E-state index in [0.717, 1.165) is 16.3 Å². The predicted octanol–water partition coefficient (Wildman–Crippen LogP) is 4.06. The summed E-state index contributed by atoms with van der Waals surface area (Å²) in [5, 5.41) is 16.2. The Bertz CT molecular complexity index is 1200. The Morgan fingerprint density at radius 3 is 2.86 bits per heavy atom. The summed E-state index contributed by atoms with van der Waals surface area (Å²) < 4.78 is 10.3. The Morgan fingerprint density at radius 1 is 1.34 bits per heavy atom. The van der Waals surface area contributed by atoms with E-state index in [-0.39, 0.29) is 12.3 Å². The largest absolute Gasteiger partial charge is 0.478 e. The Balaban J connectivity index is 1.70. The number of ether oxygens (including phenoxy) is 1. The summed E-state index contributed by atoms with van der Waals surface area (Å²) >= 11 is 1.58. The van der Waals surface area contributed by atoms with Gasteiger partial charge in [0.2, 0.25) is 0 Å². The van der Waals surface area contributed by atoms with Crippen molar-refractivity contribution in [3.63, 3.8) is 0 Å². The second-order valence-corrected chi connectivity index (χ2v) is 14.7. The molecule has 0 aromatic carbocycles. The van der Waals surface area contributed by atoms with Crippen molar-refractivity contribution in [1.82, 2.24) is 24.3 Å². The first-order valence-electron chi connectivity index (χ1n) is 9.32. The lowest BCUT2D eigenvalue weighted by molar-refractivity contribution is 0.0696. The molecule has 0 saturated heterocycles. The predicted molar refractivity (Wildman–Crippen MR) is 116 cm³/mol. The number of hydrogen-bond acceptors (Lipinski definition) is 6. The molecule has 0 amide bonds. The molecule has 4 rings (SSSR count). The molecule has 152 valence electrons. The molecule has 0 saturated carbocycles. The fourth-order valence-corrected chi connectivity index (χ4v) is 4.78. The van der Waals surface area contributed by atoms with Crippen molar-refractivity contribution in [2.75, 3.05) is 6.61 Å². The molecular formula is C19H23N5O3SSi. The summed E-state index contributed by atoms with van der Waals surface area (Å²) in [6.45, 7) is 7.77. The molecule has 0 atom stereocenters. The third kappa shape index (κ3) is 3.83. The SMILES string of the molecule is Cn1nc(-c2cnc3c(n2)c(C(=O)O)cn3COCC[Si](C)(C)C)c2sccc21. The summed E-state index contributed by atoms with van der Waals surface area (Å²) in [6.07, 6.45) is 3.19. The minimum Gasteiger partial charge on any atom is -0.478 e. The van der Waals surface area contributed by atoms with Crippen LogP contribution in [-0.4, -0.2) is 50.1 Å². The topological polar surface area (TPSA) is 95.1 Å². The van der Waals surface area contributed by atoms with Crippen LogP contribution in [0.5, 0.6) is 0 Å². The van der Waals surface area contributed by atoms with Crippen LogP contribution in [0, 0.1) is 0 Å². The molecule has 0 radical (unpaired) electrons. The number of thiophene rings is 1. The van der Waals surface area contributed by atoms with E-state index < -0.39 is 14.0 Å². The van der Waals surface area contributed by atoms with Crippen molar-refractivity contribution in [2.24, 2.45) is 7.05 Å². The summed E-state index contributed by atoms with van der Waals surface area (Å²) in [4.78, 5) is 20.9. The minimum absolute atomic E-state index is 0.113. The molecule has 4 heterocycles. The van der Waals surface area contributed by atoms with E-state index in [1.807, 2.05) is 18.5 Å².